The number of rotatable bonds is 4. The van der Waals surface area contributed by atoms with Crippen molar-refractivity contribution in [2.45, 2.75) is 20.3 Å². The number of hydrogen-bond donors (Lipinski definition) is 0. The summed E-state index contributed by atoms with van der Waals surface area (Å²) in [5, 5.41) is 1.99. The lowest BCUT2D eigenvalue weighted by atomic mass is 10.2. The van der Waals surface area contributed by atoms with E-state index in [0.29, 0.717) is 12.3 Å². The first-order chi connectivity index (χ1) is 13.1. The zero-order valence-corrected chi connectivity index (χ0v) is 16.5. The van der Waals surface area contributed by atoms with E-state index in [-0.39, 0.29) is 5.91 Å². The van der Waals surface area contributed by atoms with Crippen molar-refractivity contribution in [3.8, 4) is 10.8 Å². The number of hydrogen-bond acceptors (Lipinski definition) is 5. The molecule has 0 unspecified atom stereocenters. The van der Waals surface area contributed by atoms with Gasteiger partial charge in [-0.2, -0.15) is 0 Å². The second-order valence-corrected chi connectivity index (χ2v) is 7.83. The fourth-order valence-electron chi connectivity index (χ4n) is 3.39. The summed E-state index contributed by atoms with van der Waals surface area (Å²) < 4.78 is 5.75. The Morgan fingerprint density at radius 3 is 2.67 bits per heavy atom. The van der Waals surface area contributed by atoms with Crippen molar-refractivity contribution in [2.75, 3.05) is 31.1 Å². The third-order valence-electron chi connectivity index (χ3n) is 4.94. The van der Waals surface area contributed by atoms with Crippen molar-refractivity contribution < 1.29 is 9.21 Å². The third kappa shape index (κ3) is 3.90. The third-order valence-corrected chi connectivity index (χ3v) is 5.80. The largest absolute Gasteiger partial charge is 0.440 e. The lowest BCUT2D eigenvalue weighted by Gasteiger charge is -2.36. The van der Waals surface area contributed by atoms with Gasteiger partial charge in [-0.15, -0.1) is 11.3 Å². The first kappa shape index (κ1) is 17.8. The van der Waals surface area contributed by atoms with Gasteiger partial charge in [-0.25, -0.2) is 4.98 Å². The first-order valence-corrected chi connectivity index (χ1v) is 10.1. The van der Waals surface area contributed by atoms with Gasteiger partial charge < -0.3 is 14.2 Å². The summed E-state index contributed by atoms with van der Waals surface area (Å²) in [5.41, 5.74) is 3.23. The number of thiophene rings is 1. The number of carbonyl (C=O) groups is 1. The molecule has 0 spiro atoms. The number of piperazine rings is 1. The van der Waals surface area contributed by atoms with Crippen LogP contribution in [-0.2, 0) is 11.2 Å². The maximum Gasteiger partial charge on any atom is 0.236 e. The fraction of sp³-hybridized carbons (Fsp3) is 0.333. The summed E-state index contributed by atoms with van der Waals surface area (Å²) >= 11 is 1.59. The van der Waals surface area contributed by atoms with Crippen LogP contribution in [0.2, 0.25) is 0 Å². The number of anilines is 1. The van der Waals surface area contributed by atoms with Gasteiger partial charge in [0, 0.05) is 31.9 Å². The summed E-state index contributed by atoms with van der Waals surface area (Å²) in [4.78, 5) is 22.6. The van der Waals surface area contributed by atoms with Crippen LogP contribution in [0.3, 0.4) is 0 Å². The maximum absolute atomic E-state index is 12.7. The lowest BCUT2D eigenvalue weighted by molar-refractivity contribution is -0.130. The van der Waals surface area contributed by atoms with E-state index >= 15 is 0 Å². The van der Waals surface area contributed by atoms with Crippen LogP contribution in [0, 0.1) is 13.8 Å². The van der Waals surface area contributed by atoms with Crippen molar-refractivity contribution in [1.82, 2.24) is 9.88 Å². The van der Waals surface area contributed by atoms with Crippen molar-refractivity contribution in [2.24, 2.45) is 0 Å². The van der Waals surface area contributed by atoms with Gasteiger partial charge in [0.05, 0.1) is 17.0 Å². The predicted octanol–water partition coefficient (Wildman–Crippen LogP) is 3.91. The molecule has 5 nitrogen and oxygen atoms in total. The fourth-order valence-corrected chi connectivity index (χ4v) is 4.04. The molecule has 0 radical (unpaired) electrons. The average Bonchev–Trinajstić information content (AvgIpc) is 3.32. The van der Waals surface area contributed by atoms with Crippen LogP contribution in [0.25, 0.3) is 10.8 Å². The van der Waals surface area contributed by atoms with E-state index in [2.05, 4.69) is 41.1 Å². The molecule has 1 aliphatic rings. The Balaban J connectivity index is 1.37. The highest BCUT2D eigenvalue weighted by atomic mass is 32.1. The monoisotopic (exact) mass is 381 g/mol. The van der Waals surface area contributed by atoms with Crippen LogP contribution in [0.5, 0.6) is 0 Å². The average molecular weight is 382 g/mol. The highest BCUT2D eigenvalue weighted by Crippen LogP contribution is 2.26. The topological polar surface area (TPSA) is 49.6 Å². The van der Waals surface area contributed by atoms with Crippen LogP contribution >= 0.6 is 11.3 Å². The SMILES string of the molecule is Cc1cccc(N2CCN(C(=O)Cc3nc(-c4cccs4)oc3C)CC2)c1. The molecule has 27 heavy (non-hydrogen) atoms. The summed E-state index contributed by atoms with van der Waals surface area (Å²) in [5.74, 6) is 1.45. The van der Waals surface area contributed by atoms with Crippen molar-refractivity contribution in [3.63, 3.8) is 0 Å². The molecule has 0 bridgehead atoms. The molecule has 0 saturated carbocycles. The number of aromatic nitrogens is 1. The van der Waals surface area contributed by atoms with E-state index in [1.54, 1.807) is 11.3 Å². The molecule has 6 heteroatoms. The van der Waals surface area contributed by atoms with Crippen LogP contribution in [-0.4, -0.2) is 42.0 Å². The maximum atomic E-state index is 12.7. The van der Waals surface area contributed by atoms with E-state index < -0.39 is 0 Å². The molecule has 3 heterocycles. The number of aryl methyl sites for hydroxylation is 2. The number of oxazole rings is 1. The van der Waals surface area contributed by atoms with Gasteiger partial charge in [0.25, 0.3) is 0 Å². The minimum absolute atomic E-state index is 0.119. The van der Waals surface area contributed by atoms with Gasteiger partial charge in [-0.05, 0) is 43.0 Å². The van der Waals surface area contributed by atoms with E-state index in [9.17, 15) is 4.79 Å². The van der Waals surface area contributed by atoms with Crippen molar-refractivity contribution in [3.05, 3.63) is 58.8 Å². The number of amides is 1. The second-order valence-electron chi connectivity index (χ2n) is 6.88. The molecule has 3 aromatic rings. The van der Waals surface area contributed by atoms with Crippen LogP contribution < -0.4 is 4.90 Å². The molecule has 0 atom stereocenters. The molecule has 1 aromatic carbocycles. The highest BCUT2D eigenvalue weighted by Gasteiger charge is 2.23. The summed E-state index contributed by atoms with van der Waals surface area (Å²) in [6, 6.07) is 12.5. The molecular weight excluding hydrogens is 358 g/mol. The van der Waals surface area contributed by atoms with Crippen LogP contribution in [0.15, 0.2) is 46.2 Å². The zero-order valence-electron chi connectivity index (χ0n) is 15.6. The lowest BCUT2D eigenvalue weighted by Crippen LogP contribution is -2.49. The number of nitrogens with zero attached hydrogens (tertiary/aromatic N) is 3. The minimum atomic E-state index is 0.119. The molecule has 140 valence electrons. The van der Waals surface area contributed by atoms with E-state index in [1.165, 1.54) is 11.3 Å². The van der Waals surface area contributed by atoms with Gasteiger partial charge in [0.1, 0.15) is 5.76 Å². The minimum Gasteiger partial charge on any atom is -0.440 e. The molecule has 0 aliphatic carbocycles. The predicted molar refractivity (Wildman–Crippen MR) is 108 cm³/mol. The van der Waals surface area contributed by atoms with Gasteiger partial charge in [-0.3, -0.25) is 4.79 Å². The zero-order chi connectivity index (χ0) is 18.8. The Kier molecular flexibility index (Phi) is 4.99. The Morgan fingerprint density at radius 2 is 1.96 bits per heavy atom. The van der Waals surface area contributed by atoms with E-state index in [1.807, 2.05) is 29.3 Å². The summed E-state index contributed by atoms with van der Waals surface area (Å²) in [6.07, 6.45) is 0.297. The van der Waals surface area contributed by atoms with Gasteiger partial charge in [-0.1, -0.05) is 18.2 Å². The normalized spacial score (nSPS) is 14.6. The Labute approximate surface area is 163 Å². The quantitative estimate of drug-likeness (QED) is 0.687. The first-order valence-electron chi connectivity index (χ1n) is 9.20. The van der Waals surface area contributed by atoms with Gasteiger partial charge in [0.15, 0.2) is 0 Å². The highest BCUT2D eigenvalue weighted by molar-refractivity contribution is 7.13. The van der Waals surface area contributed by atoms with Crippen LogP contribution in [0.1, 0.15) is 17.0 Å². The molecule has 2 aromatic heterocycles. The molecule has 1 amide bonds. The Morgan fingerprint density at radius 1 is 1.15 bits per heavy atom. The molecule has 0 N–H and O–H groups in total. The smallest absolute Gasteiger partial charge is 0.236 e. The van der Waals surface area contributed by atoms with Crippen molar-refractivity contribution >= 4 is 22.9 Å². The Bertz CT molecular complexity index is 925. The molecule has 1 fully saturated rings. The van der Waals surface area contributed by atoms with Gasteiger partial charge >= 0.3 is 0 Å². The number of benzene rings is 1. The molecule has 1 saturated heterocycles. The van der Waals surface area contributed by atoms with Gasteiger partial charge in [0.2, 0.25) is 11.8 Å². The van der Waals surface area contributed by atoms with Crippen LogP contribution in [0.4, 0.5) is 5.69 Å². The molecule has 1 aliphatic heterocycles. The molecule has 4 rings (SSSR count). The second kappa shape index (κ2) is 7.56. The van der Waals surface area contributed by atoms with E-state index in [0.717, 1.165) is 42.5 Å². The standard InChI is InChI=1S/C21H23N3O2S/c1-15-5-3-6-17(13-15)23-8-10-24(11-9-23)20(25)14-18-16(2)26-21(22-18)19-7-4-12-27-19/h3-7,12-13H,8-11,14H2,1-2H3. The summed E-state index contributed by atoms with van der Waals surface area (Å²) in [7, 11) is 0. The Hall–Kier alpha value is -2.60. The van der Waals surface area contributed by atoms with E-state index in [4.69, 9.17) is 4.42 Å². The van der Waals surface area contributed by atoms with Crippen molar-refractivity contribution in [1.29, 1.82) is 0 Å². The summed E-state index contributed by atoms with van der Waals surface area (Å²) in [6.45, 7) is 7.17. The number of carbonyl (C=O) groups excluding carboxylic acids is 1. The molecular formula is C21H23N3O2S.